The Morgan fingerprint density at radius 2 is 1.87 bits per heavy atom. The molecule has 0 atom stereocenters. The molecule has 0 aromatic rings. The van der Waals surface area contributed by atoms with Crippen molar-refractivity contribution in [2.75, 3.05) is 26.2 Å². The summed E-state index contributed by atoms with van der Waals surface area (Å²) in [5.41, 5.74) is 2.48. The molecule has 2 rings (SSSR count). The summed E-state index contributed by atoms with van der Waals surface area (Å²) in [5, 5.41) is 3.20. The van der Waals surface area contributed by atoms with Gasteiger partial charge in [-0.15, -0.1) is 0 Å². The van der Waals surface area contributed by atoms with Crippen LogP contribution in [0.3, 0.4) is 0 Å². The highest BCUT2D eigenvalue weighted by Crippen LogP contribution is 2.22. The van der Waals surface area contributed by atoms with Gasteiger partial charge in [-0.05, 0) is 31.9 Å². The van der Waals surface area contributed by atoms with Gasteiger partial charge in [-0.25, -0.2) is 4.79 Å². The first-order valence-electron chi connectivity index (χ1n) is 5.34. The largest absolute Gasteiger partial charge is 0.444 e. The fraction of sp³-hybridized carbons (Fsp3) is 0.727. The minimum atomic E-state index is -0.391. The van der Waals surface area contributed by atoms with Crippen LogP contribution in [0.4, 0.5) is 4.79 Å². The van der Waals surface area contributed by atoms with Crippen molar-refractivity contribution in [2.24, 2.45) is 0 Å². The van der Waals surface area contributed by atoms with Gasteiger partial charge in [0.15, 0.2) is 0 Å². The van der Waals surface area contributed by atoms with E-state index in [9.17, 15) is 4.79 Å². The number of hydrogen-bond donors (Lipinski definition) is 1. The van der Waals surface area contributed by atoms with Gasteiger partial charge in [0.2, 0.25) is 0 Å². The van der Waals surface area contributed by atoms with E-state index < -0.39 is 5.60 Å². The predicted octanol–water partition coefficient (Wildman–Crippen LogP) is 1.14. The van der Waals surface area contributed by atoms with Gasteiger partial charge < -0.3 is 15.0 Å². The summed E-state index contributed by atoms with van der Waals surface area (Å²) in [6.45, 7) is 9.17. The summed E-state index contributed by atoms with van der Waals surface area (Å²) >= 11 is 0. The zero-order valence-electron chi connectivity index (χ0n) is 9.59. The van der Waals surface area contributed by atoms with Crippen LogP contribution in [-0.4, -0.2) is 42.8 Å². The number of carbonyl (C=O) groups excluding carboxylic acids is 1. The summed E-state index contributed by atoms with van der Waals surface area (Å²) < 4.78 is 5.27. The molecule has 0 unspecified atom stereocenters. The molecule has 0 aliphatic carbocycles. The number of likely N-dealkylation sites (tertiary alicyclic amines) is 1. The van der Waals surface area contributed by atoms with E-state index >= 15 is 0 Å². The molecule has 1 N–H and O–H groups in total. The number of carbonyl (C=O) groups is 1. The monoisotopic (exact) mass is 210 g/mol. The Balaban J connectivity index is 1.81. The summed E-state index contributed by atoms with van der Waals surface area (Å²) in [6, 6.07) is 0. The molecule has 2 fully saturated rings. The fourth-order valence-corrected chi connectivity index (χ4v) is 1.59. The number of rotatable bonds is 0. The molecular formula is C11H18N2O2. The average molecular weight is 210 g/mol. The smallest absolute Gasteiger partial charge is 0.410 e. The maximum atomic E-state index is 11.6. The minimum absolute atomic E-state index is 0.195. The molecule has 4 nitrogen and oxygen atoms in total. The first-order chi connectivity index (χ1) is 6.96. The molecule has 84 valence electrons. The lowest BCUT2D eigenvalue weighted by atomic mass is 9.97. The van der Waals surface area contributed by atoms with Gasteiger partial charge in [-0.3, -0.25) is 0 Å². The van der Waals surface area contributed by atoms with E-state index in [2.05, 4.69) is 5.32 Å². The molecule has 15 heavy (non-hydrogen) atoms. The molecule has 2 heterocycles. The zero-order valence-corrected chi connectivity index (χ0v) is 9.59. The molecule has 2 aliphatic heterocycles. The van der Waals surface area contributed by atoms with Crippen molar-refractivity contribution in [3.05, 3.63) is 11.1 Å². The van der Waals surface area contributed by atoms with Gasteiger partial charge in [0.1, 0.15) is 5.60 Å². The van der Waals surface area contributed by atoms with Crippen molar-refractivity contribution in [1.29, 1.82) is 0 Å². The van der Waals surface area contributed by atoms with Crippen molar-refractivity contribution in [2.45, 2.75) is 26.4 Å². The molecular weight excluding hydrogens is 192 g/mol. The number of ether oxygens (including phenoxy) is 1. The molecule has 4 heteroatoms. The molecule has 0 saturated carbocycles. The van der Waals surface area contributed by atoms with Crippen LogP contribution in [0.5, 0.6) is 0 Å². The quantitative estimate of drug-likeness (QED) is 0.609. The molecule has 2 aliphatic rings. The van der Waals surface area contributed by atoms with Crippen molar-refractivity contribution < 1.29 is 9.53 Å². The van der Waals surface area contributed by atoms with Crippen LogP contribution in [-0.2, 0) is 4.74 Å². The van der Waals surface area contributed by atoms with E-state index in [1.54, 1.807) is 4.90 Å². The van der Waals surface area contributed by atoms with Gasteiger partial charge in [-0.1, -0.05) is 0 Å². The number of nitrogens with zero attached hydrogens (tertiary/aromatic N) is 1. The summed E-state index contributed by atoms with van der Waals surface area (Å²) in [6.07, 6.45) is -0.195. The normalized spacial score (nSPS) is 20.9. The van der Waals surface area contributed by atoms with Crippen molar-refractivity contribution >= 4 is 6.09 Å². The van der Waals surface area contributed by atoms with E-state index in [-0.39, 0.29) is 6.09 Å². The molecule has 0 spiro atoms. The Labute approximate surface area is 90.3 Å². The van der Waals surface area contributed by atoms with Crippen molar-refractivity contribution in [3.8, 4) is 0 Å². The number of amides is 1. The van der Waals surface area contributed by atoms with Gasteiger partial charge in [-0.2, -0.15) is 0 Å². The lowest BCUT2D eigenvalue weighted by Crippen LogP contribution is -2.50. The molecule has 0 aromatic heterocycles. The lowest BCUT2D eigenvalue weighted by Gasteiger charge is -2.38. The van der Waals surface area contributed by atoms with E-state index in [1.807, 2.05) is 20.8 Å². The maximum absolute atomic E-state index is 11.6. The van der Waals surface area contributed by atoms with Crippen LogP contribution in [0, 0.1) is 0 Å². The van der Waals surface area contributed by atoms with E-state index in [0.29, 0.717) is 0 Å². The summed E-state index contributed by atoms with van der Waals surface area (Å²) in [7, 11) is 0. The first-order valence-corrected chi connectivity index (χ1v) is 5.34. The highest BCUT2D eigenvalue weighted by atomic mass is 16.6. The number of hydrogen-bond acceptors (Lipinski definition) is 3. The summed E-state index contributed by atoms with van der Waals surface area (Å²) in [5.74, 6) is 0. The van der Waals surface area contributed by atoms with Gasteiger partial charge >= 0.3 is 6.09 Å². The second-order valence-corrected chi connectivity index (χ2v) is 5.15. The zero-order chi connectivity index (χ0) is 11.1. The van der Waals surface area contributed by atoms with Gasteiger partial charge in [0, 0.05) is 26.2 Å². The fourth-order valence-electron chi connectivity index (χ4n) is 1.59. The van der Waals surface area contributed by atoms with Crippen molar-refractivity contribution in [3.63, 3.8) is 0 Å². The number of nitrogens with one attached hydrogen (secondary N) is 1. The second kappa shape index (κ2) is 3.52. The Kier molecular flexibility index (Phi) is 2.46. The molecule has 0 aromatic carbocycles. The molecule has 0 bridgehead atoms. The second-order valence-electron chi connectivity index (χ2n) is 5.15. The Morgan fingerprint density at radius 1 is 1.27 bits per heavy atom. The van der Waals surface area contributed by atoms with Crippen LogP contribution in [0.25, 0.3) is 0 Å². The van der Waals surface area contributed by atoms with E-state index in [4.69, 9.17) is 4.74 Å². The molecule has 2 saturated heterocycles. The highest BCUT2D eigenvalue weighted by molar-refractivity contribution is 5.71. The standard InChI is InChI=1S/C11H18N2O2/c1-11(2,3)15-10(14)13-6-9(7-13)8-4-12-5-8/h12H,4-7H2,1-3H3. The Morgan fingerprint density at radius 3 is 2.27 bits per heavy atom. The third kappa shape index (κ3) is 2.31. The van der Waals surface area contributed by atoms with Crippen molar-refractivity contribution in [1.82, 2.24) is 10.2 Å². The Bertz CT molecular complexity index is 301. The molecule has 1 amide bonds. The maximum Gasteiger partial charge on any atom is 0.410 e. The third-order valence-electron chi connectivity index (χ3n) is 2.59. The van der Waals surface area contributed by atoms with Crippen LogP contribution >= 0.6 is 0 Å². The lowest BCUT2D eigenvalue weighted by molar-refractivity contribution is 0.0211. The molecule has 0 radical (unpaired) electrons. The van der Waals surface area contributed by atoms with E-state index in [1.165, 1.54) is 11.1 Å². The topological polar surface area (TPSA) is 41.6 Å². The first kappa shape index (κ1) is 10.5. The summed E-state index contributed by atoms with van der Waals surface area (Å²) in [4.78, 5) is 13.3. The van der Waals surface area contributed by atoms with Crippen LogP contribution in [0.15, 0.2) is 11.1 Å². The predicted molar refractivity (Wildman–Crippen MR) is 57.7 cm³/mol. The van der Waals surface area contributed by atoms with Crippen LogP contribution in [0.2, 0.25) is 0 Å². The SMILES string of the molecule is CC(C)(C)OC(=O)N1CC(=C2CNC2)C1. The highest BCUT2D eigenvalue weighted by Gasteiger charge is 2.32. The average Bonchev–Trinajstić information content (AvgIpc) is 1.86. The Hall–Kier alpha value is -1.03. The third-order valence-corrected chi connectivity index (χ3v) is 2.59. The van der Waals surface area contributed by atoms with Crippen LogP contribution < -0.4 is 5.32 Å². The van der Waals surface area contributed by atoms with Crippen LogP contribution in [0.1, 0.15) is 20.8 Å². The van der Waals surface area contributed by atoms with E-state index in [0.717, 1.165) is 26.2 Å². The minimum Gasteiger partial charge on any atom is -0.444 e. The van der Waals surface area contributed by atoms with Gasteiger partial charge in [0.25, 0.3) is 0 Å². The van der Waals surface area contributed by atoms with Gasteiger partial charge in [0.05, 0.1) is 0 Å².